The van der Waals surface area contributed by atoms with Gasteiger partial charge in [0, 0.05) is 0 Å². The second kappa shape index (κ2) is 4.58. The Labute approximate surface area is 129 Å². The van der Waals surface area contributed by atoms with E-state index in [1.807, 2.05) is 31.0 Å². The van der Waals surface area contributed by atoms with E-state index < -0.39 is 11.8 Å². The summed E-state index contributed by atoms with van der Waals surface area (Å²) in [4.78, 5) is 1.84. The number of likely N-dealkylation sites (N-methyl/N-ethyl adjacent to an activating group) is 1. The number of nitriles is 1. The van der Waals surface area contributed by atoms with Crippen molar-refractivity contribution in [2.45, 2.75) is 29.1 Å². The van der Waals surface area contributed by atoms with Crippen LogP contribution in [0.2, 0.25) is 0 Å². The van der Waals surface area contributed by atoms with Crippen molar-refractivity contribution in [2.75, 3.05) is 23.0 Å². The first-order valence-corrected chi connectivity index (χ1v) is 9.20. The number of nitrogens with zero attached hydrogens (tertiary/aromatic N) is 2. The van der Waals surface area contributed by atoms with Crippen LogP contribution in [0.3, 0.4) is 0 Å². The van der Waals surface area contributed by atoms with Gasteiger partial charge in [0.1, 0.15) is 0 Å². The Bertz CT molecular complexity index is 588. The molecule has 2 saturated heterocycles. The van der Waals surface area contributed by atoms with Gasteiger partial charge in [0.2, 0.25) is 0 Å². The van der Waals surface area contributed by atoms with Crippen LogP contribution in [0.5, 0.6) is 0 Å². The molecule has 1 aromatic rings. The van der Waals surface area contributed by atoms with E-state index in [9.17, 15) is 10.4 Å². The van der Waals surface area contributed by atoms with Gasteiger partial charge in [-0.2, -0.15) is 0 Å². The monoisotopic (exact) mass is 385 g/mol. The molecule has 4 nitrogen and oxygen atoms in total. The van der Waals surface area contributed by atoms with Crippen LogP contribution < -0.4 is 26.1 Å². The molecule has 2 aliphatic rings. The van der Waals surface area contributed by atoms with E-state index in [2.05, 4.69) is 19.1 Å². The van der Waals surface area contributed by atoms with Crippen LogP contribution >= 0.6 is 0 Å². The molecule has 3 atom stereocenters. The van der Waals surface area contributed by atoms with Gasteiger partial charge < -0.3 is 0 Å². The minimum absolute atomic E-state index is 0.173. The Morgan fingerprint density at radius 1 is 1.50 bits per heavy atom. The van der Waals surface area contributed by atoms with Crippen LogP contribution in [-0.2, 0) is 8.16 Å². The van der Waals surface area contributed by atoms with E-state index in [0.717, 1.165) is 16.8 Å². The summed E-state index contributed by atoms with van der Waals surface area (Å²) in [7, 11) is 1.87. The predicted molar refractivity (Wildman–Crippen MR) is 72.1 cm³/mol. The molecule has 3 rings (SSSR count). The van der Waals surface area contributed by atoms with E-state index in [0.29, 0.717) is 6.61 Å². The van der Waals surface area contributed by atoms with Gasteiger partial charge in [-0.05, 0) is 0 Å². The number of aliphatic hydroxyl groups excluding tert-OH is 1. The van der Waals surface area contributed by atoms with Crippen molar-refractivity contribution < 1.29 is 31.0 Å². The topological polar surface area (TPSA) is 59.8 Å². The van der Waals surface area contributed by atoms with Crippen LogP contribution in [0.4, 0.5) is 5.69 Å². The van der Waals surface area contributed by atoms with Crippen LogP contribution in [0.25, 0.3) is 0 Å². The standard InChI is InChI=1S/C15H18IN2O2/c1-14(8-16-14)12-6-11(5-4-10(12)7-17)18(3)13(19)15(2)9-20-15/h4-6,13,19H,8-9H2,1-3H3/q-1/t13?,14-,15?/m1/s1. The molecular formula is C15H18IN2O2-. The van der Waals surface area contributed by atoms with Gasteiger partial charge in [0.15, 0.2) is 0 Å². The second-order valence-electron chi connectivity index (χ2n) is 5.89. The van der Waals surface area contributed by atoms with Crippen molar-refractivity contribution in [2.24, 2.45) is 0 Å². The molecule has 2 heterocycles. The van der Waals surface area contributed by atoms with E-state index in [1.165, 1.54) is 4.43 Å². The van der Waals surface area contributed by atoms with Gasteiger partial charge in [-0.25, -0.2) is 0 Å². The molecule has 2 aliphatic heterocycles. The molecule has 0 aliphatic carbocycles. The summed E-state index contributed by atoms with van der Waals surface area (Å²) in [5, 5.41) is 19.6. The fourth-order valence-electron chi connectivity index (χ4n) is 2.34. The van der Waals surface area contributed by atoms with Crippen LogP contribution in [0.1, 0.15) is 25.0 Å². The van der Waals surface area contributed by atoms with Crippen LogP contribution in [-0.4, -0.2) is 35.0 Å². The summed E-state index contributed by atoms with van der Waals surface area (Å²) in [5.74, 6) is 0. The number of ether oxygens (including phenoxy) is 1. The molecule has 0 amide bonds. The molecule has 0 radical (unpaired) electrons. The van der Waals surface area contributed by atoms with Gasteiger partial charge in [-0.3, -0.25) is 0 Å². The molecular weight excluding hydrogens is 367 g/mol. The Kier molecular flexibility index (Phi) is 3.23. The van der Waals surface area contributed by atoms with Crippen molar-refractivity contribution in [3.63, 3.8) is 0 Å². The Balaban J connectivity index is 1.93. The third kappa shape index (κ3) is 2.30. The van der Waals surface area contributed by atoms with Gasteiger partial charge in [0.05, 0.1) is 0 Å². The van der Waals surface area contributed by atoms with Gasteiger partial charge >= 0.3 is 129 Å². The zero-order valence-corrected chi connectivity index (χ0v) is 14.0. The molecule has 0 saturated carbocycles. The molecule has 2 unspecified atom stereocenters. The maximum absolute atomic E-state index is 10.3. The number of hydrogen-bond donors (Lipinski definition) is 1. The number of alkyl halides is 2. The maximum atomic E-state index is 10.3. The van der Waals surface area contributed by atoms with Gasteiger partial charge in [0.25, 0.3) is 0 Å². The third-order valence-electron chi connectivity index (χ3n) is 4.14. The van der Waals surface area contributed by atoms with E-state index in [4.69, 9.17) is 4.74 Å². The van der Waals surface area contributed by atoms with E-state index in [-0.39, 0.29) is 24.6 Å². The predicted octanol–water partition coefficient (Wildman–Crippen LogP) is -1.58. The summed E-state index contributed by atoms with van der Waals surface area (Å²) in [6.07, 6.45) is -0.662. The Morgan fingerprint density at radius 2 is 2.15 bits per heavy atom. The van der Waals surface area contributed by atoms with Crippen molar-refractivity contribution in [3.05, 3.63) is 29.3 Å². The molecule has 20 heavy (non-hydrogen) atoms. The summed E-state index contributed by atoms with van der Waals surface area (Å²) in [6, 6.07) is 8.14. The fraction of sp³-hybridized carbons (Fsp3) is 0.533. The summed E-state index contributed by atoms with van der Waals surface area (Å²) >= 11 is 0.173. The SMILES string of the molecule is CN(c1ccc(C#N)c([C@@]2(C)C[I-]2)c1)C(O)C1(C)CO1. The fourth-order valence-corrected chi connectivity index (χ4v) is 4.18. The average Bonchev–Trinajstić information content (AvgIpc) is 3.37. The van der Waals surface area contributed by atoms with E-state index >= 15 is 0 Å². The molecule has 0 bridgehead atoms. The molecule has 2 fully saturated rings. The summed E-state index contributed by atoms with van der Waals surface area (Å²) < 4.78 is 6.79. The quantitative estimate of drug-likeness (QED) is 0.294. The van der Waals surface area contributed by atoms with Gasteiger partial charge in [-0.1, -0.05) is 0 Å². The number of hydrogen-bond acceptors (Lipinski definition) is 4. The summed E-state index contributed by atoms with van der Waals surface area (Å²) in [5.41, 5.74) is 2.40. The number of epoxide rings is 1. The van der Waals surface area contributed by atoms with Crippen molar-refractivity contribution in [1.82, 2.24) is 0 Å². The number of aliphatic hydroxyl groups is 1. The molecule has 1 aromatic carbocycles. The first-order valence-electron chi connectivity index (χ1n) is 6.59. The molecule has 0 aromatic heterocycles. The van der Waals surface area contributed by atoms with Crippen LogP contribution in [0, 0.1) is 11.3 Å². The molecule has 0 spiro atoms. The number of rotatable bonds is 4. The third-order valence-corrected chi connectivity index (χ3v) is 7.77. The number of anilines is 1. The minimum atomic E-state index is -0.662. The van der Waals surface area contributed by atoms with Crippen LogP contribution in [0.15, 0.2) is 18.2 Å². The van der Waals surface area contributed by atoms with Crippen molar-refractivity contribution in [1.29, 1.82) is 5.26 Å². The van der Waals surface area contributed by atoms with Crippen molar-refractivity contribution in [3.8, 4) is 6.07 Å². The average molecular weight is 385 g/mol. The van der Waals surface area contributed by atoms with Crippen molar-refractivity contribution >= 4 is 5.69 Å². The first-order chi connectivity index (χ1) is 9.39. The zero-order valence-electron chi connectivity index (χ0n) is 11.9. The van der Waals surface area contributed by atoms with E-state index in [1.54, 1.807) is 0 Å². The number of halogens is 1. The number of benzene rings is 1. The molecule has 5 heteroatoms. The molecule has 108 valence electrons. The normalized spacial score (nSPS) is 32.8. The zero-order chi connectivity index (χ0) is 14.5. The molecule has 1 N–H and O–H groups in total. The Hall–Kier alpha value is -0.840. The second-order valence-corrected chi connectivity index (χ2v) is 9.80. The summed E-state index contributed by atoms with van der Waals surface area (Å²) in [6.45, 7) is 4.74. The first kappa shape index (κ1) is 14.1. The van der Waals surface area contributed by atoms with Gasteiger partial charge in [-0.15, -0.1) is 0 Å². The Morgan fingerprint density at radius 3 is 2.65 bits per heavy atom.